The number of halogens is 1. The summed E-state index contributed by atoms with van der Waals surface area (Å²) in [5.41, 5.74) is 0.672. The normalized spacial score (nSPS) is 12.2. The fourth-order valence-corrected chi connectivity index (χ4v) is 1.24. The van der Waals surface area contributed by atoms with Gasteiger partial charge < -0.3 is 15.7 Å². The number of aromatic hydroxyl groups is 1. The molecule has 1 amide bonds. The highest BCUT2D eigenvalue weighted by molar-refractivity contribution is 5.80. The predicted molar refractivity (Wildman–Crippen MR) is 58.4 cm³/mol. The van der Waals surface area contributed by atoms with Crippen molar-refractivity contribution in [2.24, 2.45) is 0 Å². The lowest BCUT2D eigenvalue weighted by atomic mass is 10.2. The Morgan fingerprint density at radius 3 is 2.81 bits per heavy atom. The molecule has 5 heteroatoms. The van der Waals surface area contributed by atoms with Gasteiger partial charge >= 0.3 is 0 Å². The summed E-state index contributed by atoms with van der Waals surface area (Å²) < 4.78 is 13.0. The number of rotatable bonds is 4. The van der Waals surface area contributed by atoms with Gasteiger partial charge in [-0.3, -0.25) is 4.79 Å². The topological polar surface area (TPSA) is 61.4 Å². The first kappa shape index (κ1) is 12.4. The average molecular weight is 226 g/mol. The monoisotopic (exact) mass is 226 g/mol. The van der Waals surface area contributed by atoms with E-state index in [1.165, 1.54) is 12.1 Å². The Labute approximate surface area is 93.5 Å². The Morgan fingerprint density at radius 1 is 1.56 bits per heavy atom. The first-order chi connectivity index (χ1) is 7.54. The third-order valence-electron chi connectivity index (χ3n) is 2.26. The van der Waals surface area contributed by atoms with Crippen molar-refractivity contribution in [2.75, 3.05) is 7.05 Å². The molecule has 1 unspecified atom stereocenters. The standard InChI is InChI=1S/C11H15FN2O2/c1-7(11(16)13-2)14-6-8-3-4-10(15)9(12)5-8/h3-5,7,14-15H,6H2,1-2H3,(H,13,16). The maximum Gasteiger partial charge on any atom is 0.236 e. The molecule has 4 nitrogen and oxygen atoms in total. The van der Waals surface area contributed by atoms with Gasteiger partial charge in [-0.25, -0.2) is 4.39 Å². The molecular weight excluding hydrogens is 211 g/mol. The van der Waals surface area contributed by atoms with E-state index in [4.69, 9.17) is 5.11 Å². The lowest BCUT2D eigenvalue weighted by molar-refractivity contribution is -0.122. The molecule has 0 saturated heterocycles. The van der Waals surface area contributed by atoms with Gasteiger partial charge in [-0.15, -0.1) is 0 Å². The molecule has 0 aliphatic carbocycles. The summed E-state index contributed by atoms with van der Waals surface area (Å²) in [6, 6.07) is 3.78. The van der Waals surface area contributed by atoms with Crippen molar-refractivity contribution in [3.05, 3.63) is 29.6 Å². The third-order valence-corrected chi connectivity index (χ3v) is 2.26. The molecule has 1 atom stereocenters. The van der Waals surface area contributed by atoms with Crippen molar-refractivity contribution in [3.8, 4) is 5.75 Å². The lowest BCUT2D eigenvalue weighted by Crippen LogP contribution is -2.40. The van der Waals surface area contributed by atoms with Crippen LogP contribution in [0.4, 0.5) is 4.39 Å². The van der Waals surface area contributed by atoms with Gasteiger partial charge in [0.2, 0.25) is 5.91 Å². The van der Waals surface area contributed by atoms with Crippen LogP contribution in [-0.4, -0.2) is 24.1 Å². The summed E-state index contributed by atoms with van der Waals surface area (Å²) in [4.78, 5) is 11.2. The second-order valence-corrected chi connectivity index (χ2v) is 3.50. The van der Waals surface area contributed by atoms with E-state index in [-0.39, 0.29) is 17.7 Å². The number of carbonyl (C=O) groups excluding carboxylic acids is 1. The van der Waals surface area contributed by atoms with Gasteiger partial charge in [-0.1, -0.05) is 6.07 Å². The maximum absolute atomic E-state index is 13.0. The molecule has 0 aliphatic rings. The van der Waals surface area contributed by atoms with Crippen LogP contribution in [0, 0.1) is 5.82 Å². The summed E-state index contributed by atoms with van der Waals surface area (Å²) >= 11 is 0. The van der Waals surface area contributed by atoms with Gasteiger partial charge in [-0.05, 0) is 24.6 Å². The van der Waals surface area contributed by atoms with Gasteiger partial charge in [0.25, 0.3) is 0 Å². The Hall–Kier alpha value is -1.62. The highest BCUT2D eigenvalue weighted by Crippen LogP contribution is 2.15. The number of hydrogen-bond donors (Lipinski definition) is 3. The molecule has 1 rings (SSSR count). The number of phenols is 1. The zero-order valence-corrected chi connectivity index (χ0v) is 9.25. The van der Waals surface area contributed by atoms with Crippen molar-refractivity contribution in [2.45, 2.75) is 19.5 Å². The van der Waals surface area contributed by atoms with Gasteiger partial charge in [-0.2, -0.15) is 0 Å². The highest BCUT2D eigenvalue weighted by atomic mass is 19.1. The number of likely N-dealkylation sites (N-methyl/N-ethyl adjacent to an activating group) is 1. The van der Waals surface area contributed by atoms with Gasteiger partial charge in [0.05, 0.1) is 6.04 Å². The summed E-state index contributed by atoms with van der Waals surface area (Å²) in [5, 5.41) is 14.4. The molecule has 0 bridgehead atoms. The van der Waals surface area contributed by atoms with E-state index in [0.29, 0.717) is 12.1 Å². The number of nitrogens with one attached hydrogen (secondary N) is 2. The molecule has 1 aromatic rings. The first-order valence-electron chi connectivity index (χ1n) is 4.97. The van der Waals surface area contributed by atoms with E-state index in [1.54, 1.807) is 20.0 Å². The summed E-state index contributed by atoms with van der Waals surface area (Å²) in [7, 11) is 1.56. The second-order valence-electron chi connectivity index (χ2n) is 3.50. The lowest BCUT2D eigenvalue weighted by Gasteiger charge is -2.12. The van der Waals surface area contributed by atoms with E-state index in [2.05, 4.69) is 10.6 Å². The van der Waals surface area contributed by atoms with Crippen LogP contribution < -0.4 is 10.6 Å². The SMILES string of the molecule is CNC(=O)C(C)NCc1ccc(O)c(F)c1. The maximum atomic E-state index is 13.0. The zero-order valence-electron chi connectivity index (χ0n) is 9.25. The van der Waals surface area contributed by atoms with Crippen LogP contribution in [0.2, 0.25) is 0 Å². The minimum atomic E-state index is -0.660. The molecule has 88 valence electrons. The Balaban J connectivity index is 2.55. The average Bonchev–Trinajstić information content (AvgIpc) is 2.29. The first-order valence-corrected chi connectivity index (χ1v) is 4.97. The number of hydrogen-bond acceptors (Lipinski definition) is 3. The van der Waals surface area contributed by atoms with Crippen molar-refractivity contribution < 1.29 is 14.3 Å². The van der Waals surface area contributed by atoms with Crippen LogP contribution >= 0.6 is 0 Å². The minimum Gasteiger partial charge on any atom is -0.505 e. The Kier molecular flexibility index (Phi) is 4.25. The molecule has 16 heavy (non-hydrogen) atoms. The minimum absolute atomic E-state index is 0.126. The molecule has 3 N–H and O–H groups in total. The van der Waals surface area contributed by atoms with E-state index in [9.17, 15) is 9.18 Å². The molecule has 0 aromatic heterocycles. The van der Waals surface area contributed by atoms with Gasteiger partial charge in [0, 0.05) is 13.6 Å². The van der Waals surface area contributed by atoms with E-state index in [0.717, 1.165) is 0 Å². The number of carbonyl (C=O) groups is 1. The van der Waals surface area contributed by atoms with Crippen LogP contribution in [0.1, 0.15) is 12.5 Å². The highest BCUT2D eigenvalue weighted by Gasteiger charge is 2.10. The molecule has 0 spiro atoms. The Bertz CT molecular complexity index is 382. The molecule has 0 aliphatic heterocycles. The van der Waals surface area contributed by atoms with Crippen LogP contribution in [-0.2, 0) is 11.3 Å². The fourth-order valence-electron chi connectivity index (χ4n) is 1.24. The van der Waals surface area contributed by atoms with Crippen LogP contribution in [0.3, 0.4) is 0 Å². The van der Waals surface area contributed by atoms with E-state index < -0.39 is 5.82 Å². The summed E-state index contributed by atoms with van der Waals surface area (Å²) in [6.45, 7) is 2.08. The number of phenolic OH excluding ortho intramolecular Hbond substituents is 1. The Morgan fingerprint density at radius 2 is 2.25 bits per heavy atom. The second kappa shape index (κ2) is 5.46. The van der Waals surface area contributed by atoms with Crippen LogP contribution in [0.15, 0.2) is 18.2 Å². The zero-order chi connectivity index (χ0) is 12.1. The quantitative estimate of drug-likeness (QED) is 0.710. The van der Waals surface area contributed by atoms with Crippen molar-refractivity contribution >= 4 is 5.91 Å². The van der Waals surface area contributed by atoms with Crippen molar-refractivity contribution in [1.82, 2.24) is 10.6 Å². The third kappa shape index (κ3) is 3.20. The molecule has 0 heterocycles. The van der Waals surface area contributed by atoms with Crippen LogP contribution in [0.5, 0.6) is 5.75 Å². The molecule has 0 saturated carbocycles. The van der Waals surface area contributed by atoms with Crippen LogP contribution in [0.25, 0.3) is 0 Å². The summed E-state index contributed by atoms with van der Waals surface area (Å²) in [5.74, 6) is -1.16. The summed E-state index contributed by atoms with van der Waals surface area (Å²) in [6.07, 6.45) is 0. The molecule has 0 fully saturated rings. The molecular formula is C11H15FN2O2. The van der Waals surface area contributed by atoms with Crippen molar-refractivity contribution in [3.63, 3.8) is 0 Å². The van der Waals surface area contributed by atoms with Gasteiger partial charge in [0.15, 0.2) is 11.6 Å². The molecule has 1 aromatic carbocycles. The number of amides is 1. The largest absolute Gasteiger partial charge is 0.505 e. The molecule has 0 radical (unpaired) electrons. The van der Waals surface area contributed by atoms with E-state index >= 15 is 0 Å². The van der Waals surface area contributed by atoms with E-state index in [1.807, 2.05) is 0 Å². The van der Waals surface area contributed by atoms with Gasteiger partial charge in [0.1, 0.15) is 0 Å². The smallest absolute Gasteiger partial charge is 0.236 e. The fraction of sp³-hybridized carbons (Fsp3) is 0.364. The van der Waals surface area contributed by atoms with Crippen molar-refractivity contribution in [1.29, 1.82) is 0 Å². The predicted octanol–water partition coefficient (Wildman–Crippen LogP) is 0.755. The number of benzene rings is 1.